The molecule has 3 rings (SSSR count). The minimum absolute atomic E-state index is 0.119. The number of nitrogens with two attached hydrogens (primary N) is 1. The fourth-order valence-electron chi connectivity index (χ4n) is 2.12. The van der Waals surface area contributed by atoms with Gasteiger partial charge >= 0.3 is 0 Å². The van der Waals surface area contributed by atoms with Gasteiger partial charge < -0.3 is 15.5 Å². The lowest BCUT2D eigenvalue weighted by molar-refractivity contribution is 0.0997. The van der Waals surface area contributed by atoms with Crippen molar-refractivity contribution in [2.75, 3.05) is 11.1 Å². The lowest BCUT2D eigenvalue weighted by Gasteiger charge is -2.06. The van der Waals surface area contributed by atoms with Gasteiger partial charge in [-0.05, 0) is 42.5 Å². The van der Waals surface area contributed by atoms with Crippen molar-refractivity contribution in [2.24, 2.45) is 0 Å². The van der Waals surface area contributed by atoms with Crippen LogP contribution < -0.4 is 11.1 Å². The van der Waals surface area contributed by atoms with Gasteiger partial charge in [0.25, 0.3) is 5.91 Å². The number of nitrogen functional groups attached to an aromatic ring is 1. The Morgan fingerprint density at radius 1 is 1.00 bits per heavy atom. The molecule has 0 radical (unpaired) electrons. The number of nitrogens with one attached hydrogen (secondary N) is 1. The highest BCUT2D eigenvalue weighted by Gasteiger charge is 2.16. The van der Waals surface area contributed by atoms with Crippen LogP contribution in [0.2, 0.25) is 15.1 Å². The zero-order chi connectivity index (χ0) is 17.3. The van der Waals surface area contributed by atoms with E-state index < -0.39 is 5.91 Å². The Morgan fingerprint density at radius 3 is 2.54 bits per heavy atom. The van der Waals surface area contributed by atoms with Crippen LogP contribution in [0.15, 0.2) is 52.9 Å². The molecule has 7 heteroatoms. The van der Waals surface area contributed by atoms with Crippen molar-refractivity contribution in [2.45, 2.75) is 0 Å². The highest BCUT2D eigenvalue weighted by Crippen LogP contribution is 2.34. The number of rotatable bonds is 3. The van der Waals surface area contributed by atoms with Crippen molar-refractivity contribution in [3.63, 3.8) is 0 Å². The van der Waals surface area contributed by atoms with Crippen LogP contribution in [0.1, 0.15) is 10.6 Å². The molecule has 4 nitrogen and oxygen atoms in total. The van der Waals surface area contributed by atoms with E-state index in [0.717, 1.165) is 0 Å². The maximum atomic E-state index is 12.3. The first-order valence-electron chi connectivity index (χ1n) is 6.86. The molecule has 0 saturated heterocycles. The summed E-state index contributed by atoms with van der Waals surface area (Å²) in [4.78, 5) is 12.3. The van der Waals surface area contributed by atoms with Crippen molar-refractivity contribution in [3.8, 4) is 11.3 Å². The number of halogens is 3. The average molecular weight is 382 g/mol. The molecule has 0 spiro atoms. The average Bonchev–Trinajstić information content (AvgIpc) is 3.02. The molecule has 0 saturated carbocycles. The number of carbonyl (C=O) groups is 1. The van der Waals surface area contributed by atoms with Gasteiger partial charge in [0.15, 0.2) is 5.76 Å². The summed E-state index contributed by atoms with van der Waals surface area (Å²) in [5, 5.41) is 3.78. The quantitative estimate of drug-likeness (QED) is 0.568. The van der Waals surface area contributed by atoms with Gasteiger partial charge in [0, 0.05) is 11.3 Å². The summed E-state index contributed by atoms with van der Waals surface area (Å²) in [6, 6.07) is 13.2. The predicted molar refractivity (Wildman–Crippen MR) is 98.0 cm³/mol. The molecule has 0 aliphatic carbocycles. The van der Waals surface area contributed by atoms with Crippen molar-refractivity contribution >= 4 is 52.1 Å². The van der Waals surface area contributed by atoms with Gasteiger partial charge in [-0.1, -0.05) is 40.9 Å². The molecule has 0 atom stereocenters. The van der Waals surface area contributed by atoms with E-state index in [1.807, 2.05) is 0 Å². The van der Waals surface area contributed by atoms with Crippen LogP contribution in [0.5, 0.6) is 0 Å². The Morgan fingerprint density at radius 2 is 1.79 bits per heavy atom. The number of benzene rings is 2. The molecule has 2 aromatic carbocycles. The van der Waals surface area contributed by atoms with E-state index in [2.05, 4.69) is 5.32 Å². The minimum atomic E-state index is -0.439. The standard InChI is InChI=1S/C17H11Cl3N2O2/c18-11-3-1-2-10(16(11)20)14-6-7-15(24-14)17(23)22-13-5-4-9(21)8-12(13)19/h1-8H,21H2,(H,22,23). The molecule has 24 heavy (non-hydrogen) atoms. The van der Waals surface area contributed by atoms with Crippen LogP contribution in [-0.2, 0) is 0 Å². The molecule has 122 valence electrons. The zero-order valence-electron chi connectivity index (χ0n) is 12.1. The van der Waals surface area contributed by atoms with Gasteiger partial charge in [-0.3, -0.25) is 4.79 Å². The number of hydrogen-bond acceptors (Lipinski definition) is 3. The number of anilines is 2. The number of amides is 1. The minimum Gasteiger partial charge on any atom is -0.451 e. The summed E-state index contributed by atoms with van der Waals surface area (Å²) in [5.41, 5.74) is 7.18. The molecular formula is C17H11Cl3N2O2. The molecule has 1 amide bonds. The highest BCUT2D eigenvalue weighted by molar-refractivity contribution is 6.43. The van der Waals surface area contributed by atoms with Gasteiger partial charge in [0.1, 0.15) is 5.76 Å². The van der Waals surface area contributed by atoms with Crippen molar-refractivity contribution in [1.82, 2.24) is 0 Å². The molecule has 3 N–H and O–H groups in total. The van der Waals surface area contributed by atoms with Gasteiger partial charge in [-0.2, -0.15) is 0 Å². The van der Waals surface area contributed by atoms with E-state index in [-0.39, 0.29) is 5.76 Å². The van der Waals surface area contributed by atoms with E-state index in [4.69, 9.17) is 45.0 Å². The Hall–Kier alpha value is -2.14. The molecule has 0 aliphatic heterocycles. The summed E-state index contributed by atoms with van der Waals surface area (Å²) in [6.07, 6.45) is 0. The molecule has 0 unspecified atom stereocenters. The first kappa shape index (κ1) is 16.7. The number of furan rings is 1. The second kappa shape index (κ2) is 6.77. The Labute approximate surface area is 153 Å². The monoisotopic (exact) mass is 380 g/mol. The van der Waals surface area contributed by atoms with E-state index >= 15 is 0 Å². The topological polar surface area (TPSA) is 68.3 Å². The number of carbonyl (C=O) groups excluding carboxylic acids is 1. The van der Waals surface area contributed by atoms with Gasteiger partial charge in [-0.15, -0.1) is 0 Å². The zero-order valence-corrected chi connectivity index (χ0v) is 14.4. The Kier molecular flexibility index (Phi) is 4.71. The SMILES string of the molecule is Nc1ccc(NC(=O)c2ccc(-c3cccc(Cl)c3Cl)o2)c(Cl)c1. The summed E-state index contributed by atoms with van der Waals surface area (Å²) < 4.78 is 5.58. The largest absolute Gasteiger partial charge is 0.451 e. The second-order valence-corrected chi connectivity index (χ2v) is 6.15. The first-order valence-corrected chi connectivity index (χ1v) is 7.99. The second-order valence-electron chi connectivity index (χ2n) is 4.96. The van der Waals surface area contributed by atoms with Crippen molar-refractivity contribution < 1.29 is 9.21 Å². The lowest BCUT2D eigenvalue weighted by Crippen LogP contribution is -2.11. The van der Waals surface area contributed by atoms with Crippen LogP contribution in [0, 0.1) is 0 Å². The van der Waals surface area contributed by atoms with E-state index in [1.54, 1.807) is 48.5 Å². The van der Waals surface area contributed by atoms with Crippen LogP contribution in [0.3, 0.4) is 0 Å². The van der Waals surface area contributed by atoms with E-state index in [9.17, 15) is 4.79 Å². The van der Waals surface area contributed by atoms with Gasteiger partial charge in [0.2, 0.25) is 0 Å². The third-order valence-electron chi connectivity index (χ3n) is 3.29. The smallest absolute Gasteiger partial charge is 0.291 e. The van der Waals surface area contributed by atoms with Crippen LogP contribution in [-0.4, -0.2) is 5.91 Å². The van der Waals surface area contributed by atoms with Gasteiger partial charge in [-0.25, -0.2) is 0 Å². The Balaban J connectivity index is 1.85. The maximum absolute atomic E-state index is 12.3. The fraction of sp³-hybridized carbons (Fsp3) is 0. The lowest BCUT2D eigenvalue weighted by atomic mass is 10.2. The van der Waals surface area contributed by atoms with Crippen molar-refractivity contribution in [3.05, 3.63) is 69.4 Å². The molecule has 0 aliphatic rings. The molecule has 1 heterocycles. The maximum Gasteiger partial charge on any atom is 0.291 e. The molecule has 1 aromatic heterocycles. The molecule has 0 fully saturated rings. The van der Waals surface area contributed by atoms with Crippen LogP contribution >= 0.6 is 34.8 Å². The third-order valence-corrected chi connectivity index (χ3v) is 4.42. The van der Waals surface area contributed by atoms with Crippen LogP contribution in [0.25, 0.3) is 11.3 Å². The van der Waals surface area contributed by atoms with Crippen molar-refractivity contribution in [1.29, 1.82) is 0 Å². The normalized spacial score (nSPS) is 10.6. The molecule has 0 bridgehead atoms. The summed E-state index contributed by atoms with van der Waals surface area (Å²) in [6.45, 7) is 0. The van der Waals surface area contributed by atoms with E-state index in [1.165, 1.54) is 0 Å². The first-order chi connectivity index (χ1) is 11.5. The third kappa shape index (κ3) is 3.36. The fourth-order valence-corrected chi connectivity index (χ4v) is 2.75. The summed E-state index contributed by atoms with van der Waals surface area (Å²) in [5.74, 6) is 0.121. The molecule has 3 aromatic rings. The Bertz CT molecular complexity index is 922. The highest BCUT2D eigenvalue weighted by atomic mass is 35.5. The van der Waals surface area contributed by atoms with Crippen LogP contribution in [0.4, 0.5) is 11.4 Å². The molecular weight excluding hydrogens is 371 g/mol. The predicted octanol–water partition coefficient (Wildman–Crippen LogP) is 5.74. The number of hydrogen-bond donors (Lipinski definition) is 2. The van der Waals surface area contributed by atoms with Gasteiger partial charge in [0.05, 0.1) is 20.8 Å². The van der Waals surface area contributed by atoms with E-state index in [0.29, 0.717) is 37.8 Å². The summed E-state index contributed by atoms with van der Waals surface area (Å²) >= 11 is 18.2. The summed E-state index contributed by atoms with van der Waals surface area (Å²) in [7, 11) is 0.